The van der Waals surface area contributed by atoms with Crippen molar-refractivity contribution in [1.29, 1.82) is 0 Å². The van der Waals surface area contributed by atoms with Gasteiger partial charge in [0.15, 0.2) is 0 Å². The summed E-state index contributed by atoms with van der Waals surface area (Å²) >= 11 is 0. The van der Waals surface area contributed by atoms with Crippen LogP contribution in [0.15, 0.2) is 66.7 Å². The first-order chi connectivity index (χ1) is 11.6. The van der Waals surface area contributed by atoms with E-state index in [1.54, 1.807) is 0 Å². The molecule has 0 saturated heterocycles. The van der Waals surface area contributed by atoms with Crippen molar-refractivity contribution in [3.05, 3.63) is 83.4 Å². The fourth-order valence-corrected chi connectivity index (χ4v) is 3.11. The molecule has 3 aromatic carbocycles. The molecule has 0 aromatic heterocycles. The van der Waals surface area contributed by atoms with Gasteiger partial charge < -0.3 is 5.11 Å². The highest BCUT2D eigenvalue weighted by Gasteiger charge is 2.12. The summed E-state index contributed by atoms with van der Waals surface area (Å²) < 4.78 is 0. The fraction of sp³-hybridized carbons (Fsp3) is 0.136. The van der Waals surface area contributed by atoms with Crippen LogP contribution >= 0.6 is 0 Å². The van der Waals surface area contributed by atoms with Crippen LogP contribution in [0.5, 0.6) is 0 Å². The van der Waals surface area contributed by atoms with E-state index in [-0.39, 0.29) is 6.42 Å². The van der Waals surface area contributed by atoms with Gasteiger partial charge in [-0.25, -0.2) is 0 Å². The Morgan fingerprint density at radius 1 is 0.792 bits per heavy atom. The van der Waals surface area contributed by atoms with Crippen molar-refractivity contribution in [2.75, 3.05) is 0 Å². The zero-order chi connectivity index (χ0) is 17.1. The van der Waals surface area contributed by atoms with Crippen molar-refractivity contribution in [3.8, 4) is 22.3 Å². The Kier molecular flexibility index (Phi) is 4.48. The number of hydrogen-bond acceptors (Lipinski definition) is 1. The molecule has 0 heterocycles. The molecule has 0 bridgehead atoms. The summed E-state index contributed by atoms with van der Waals surface area (Å²) in [6, 6.07) is 22.4. The van der Waals surface area contributed by atoms with Gasteiger partial charge in [0, 0.05) is 0 Å². The Balaban J connectivity index is 2.16. The first-order valence-corrected chi connectivity index (χ1v) is 8.03. The molecule has 0 spiro atoms. The molecule has 0 amide bonds. The van der Waals surface area contributed by atoms with E-state index in [2.05, 4.69) is 38.1 Å². The zero-order valence-corrected chi connectivity index (χ0v) is 13.9. The van der Waals surface area contributed by atoms with Crippen molar-refractivity contribution in [3.63, 3.8) is 0 Å². The summed E-state index contributed by atoms with van der Waals surface area (Å²) in [6.07, 6.45) is 0.0173. The van der Waals surface area contributed by atoms with E-state index < -0.39 is 5.97 Å². The highest BCUT2D eigenvalue weighted by Crippen LogP contribution is 2.32. The molecule has 0 aliphatic carbocycles. The van der Waals surface area contributed by atoms with E-state index in [0.29, 0.717) is 0 Å². The molecule has 2 nitrogen and oxygen atoms in total. The number of aliphatic carboxylic acids is 1. The summed E-state index contributed by atoms with van der Waals surface area (Å²) in [5.74, 6) is -0.813. The summed E-state index contributed by atoms with van der Waals surface area (Å²) in [4.78, 5) is 11.4. The van der Waals surface area contributed by atoms with E-state index in [0.717, 1.165) is 33.4 Å². The summed E-state index contributed by atoms with van der Waals surface area (Å²) in [5.41, 5.74) is 7.45. The zero-order valence-electron chi connectivity index (χ0n) is 13.9. The third-order valence-corrected chi connectivity index (χ3v) is 4.34. The van der Waals surface area contributed by atoms with Gasteiger partial charge in [-0.15, -0.1) is 0 Å². The molecule has 0 fully saturated rings. The maximum atomic E-state index is 11.4. The van der Waals surface area contributed by atoms with Crippen LogP contribution in [-0.2, 0) is 11.2 Å². The molecule has 0 saturated carbocycles. The number of carboxylic acids is 1. The Morgan fingerprint density at radius 2 is 1.38 bits per heavy atom. The van der Waals surface area contributed by atoms with Gasteiger partial charge in [-0.1, -0.05) is 60.7 Å². The highest BCUT2D eigenvalue weighted by atomic mass is 16.4. The Bertz CT molecular complexity index is 894. The minimum Gasteiger partial charge on any atom is -0.481 e. The van der Waals surface area contributed by atoms with E-state index in [1.807, 2.05) is 42.5 Å². The number of rotatable bonds is 4. The normalized spacial score (nSPS) is 10.6. The number of aryl methyl sites for hydroxylation is 2. The van der Waals surface area contributed by atoms with E-state index in [4.69, 9.17) is 0 Å². The van der Waals surface area contributed by atoms with Crippen LogP contribution in [0.3, 0.4) is 0 Å². The van der Waals surface area contributed by atoms with Crippen molar-refractivity contribution in [1.82, 2.24) is 0 Å². The van der Waals surface area contributed by atoms with Gasteiger partial charge in [-0.2, -0.15) is 0 Å². The minimum atomic E-state index is -0.813. The maximum Gasteiger partial charge on any atom is 0.307 e. The van der Waals surface area contributed by atoms with E-state index >= 15 is 0 Å². The number of carbonyl (C=O) groups is 1. The average molecular weight is 316 g/mol. The molecular weight excluding hydrogens is 296 g/mol. The van der Waals surface area contributed by atoms with Gasteiger partial charge >= 0.3 is 5.97 Å². The molecule has 0 unspecified atom stereocenters. The first-order valence-electron chi connectivity index (χ1n) is 8.03. The standard InChI is InChI=1S/C22H20O2/c1-15-7-3-5-9-19(15)17-11-12-21(18(13-17)14-22(23)24)20-10-6-4-8-16(20)2/h3-13H,14H2,1-2H3,(H,23,24). The van der Waals surface area contributed by atoms with Crippen molar-refractivity contribution in [2.45, 2.75) is 20.3 Å². The Hall–Kier alpha value is -2.87. The molecular formula is C22H20O2. The molecule has 3 aromatic rings. The summed E-state index contributed by atoms with van der Waals surface area (Å²) in [6.45, 7) is 4.12. The van der Waals surface area contributed by atoms with E-state index in [1.165, 1.54) is 5.56 Å². The van der Waals surface area contributed by atoms with Crippen LogP contribution in [0.25, 0.3) is 22.3 Å². The quantitative estimate of drug-likeness (QED) is 0.712. The van der Waals surface area contributed by atoms with Gasteiger partial charge in [0.2, 0.25) is 0 Å². The molecule has 24 heavy (non-hydrogen) atoms. The Morgan fingerprint density at radius 3 is 1.96 bits per heavy atom. The molecule has 120 valence electrons. The molecule has 0 aliphatic rings. The van der Waals surface area contributed by atoms with Crippen molar-refractivity contribution >= 4 is 5.97 Å². The molecule has 0 radical (unpaired) electrons. The predicted molar refractivity (Wildman–Crippen MR) is 98.1 cm³/mol. The highest BCUT2D eigenvalue weighted by molar-refractivity contribution is 5.81. The van der Waals surface area contributed by atoms with Crippen molar-refractivity contribution in [2.24, 2.45) is 0 Å². The van der Waals surface area contributed by atoms with Gasteiger partial charge in [0.05, 0.1) is 6.42 Å². The summed E-state index contributed by atoms with van der Waals surface area (Å²) in [7, 11) is 0. The van der Waals surface area contributed by atoms with Crippen LogP contribution in [0, 0.1) is 13.8 Å². The average Bonchev–Trinajstić information content (AvgIpc) is 2.55. The third-order valence-electron chi connectivity index (χ3n) is 4.34. The van der Waals surface area contributed by atoms with E-state index in [9.17, 15) is 9.90 Å². The van der Waals surface area contributed by atoms with Gasteiger partial charge in [-0.3, -0.25) is 4.79 Å². The van der Waals surface area contributed by atoms with Gasteiger partial charge in [0.25, 0.3) is 0 Å². The number of hydrogen-bond donors (Lipinski definition) is 1. The third kappa shape index (κ3) is 3.23. The lowest BCUT2D eigenvalue weighted by molar-refractivity contribution is -0.136. The van der Waals surface area contributed by atoms with Gasteiger partial charge in [0.1, 0.15) is 0 Å². The molecule has 3 rings (SSSR count). The SMILES string of the molecule is Cc1ccccc1-c1ccc(-c2ccccc2C)c(CC(=O)O)c1. The molecule has 0 aliphatic heterocycles. The van der Waals surface area contributed by atoms with Gasteiger partial charge in [-0.05, 0) is 58.9 Å². The lowest BCUT2D eigenvalue weighted by atomic mass is 9.90. The second-order valence-electron chi connectivity index (χ2n) is 6.07. The molecule has 1 N–H and O–H groups in total. The van der Waals surface area contributed by atoms with Crippen LogP contribution in [0.2, 0.25) is 0 Å². The smallest absolute Gasteiger partial charge is 0.307 e. The first kappa shape index (κ1) is 16.0. The van der Waals surface area contributed by atoms with Crippen LogP contribution < -0.4 is 0 Å². The summed E-state index contributed by atoms with van der Waals surface area (Å²) in [5, 5.41) is 9.32. The lowest BCUT2D eigenvalue weighted by Crippen LogP contribution is -2.03. The monoisotopic (exact) mass is 316 g/mol. The second kappa shape index (κ2) is 6.71. The number of benzene rings is 3. The van der Waals surface area contributed by atoms with Crippen LogP contribution in [-0.4, -0.2) is 11.1 Å². The topological polar surface area (TPSA) is 37.3 Å². The van der Waals surface area contributed by atoms with Crippen LogP contribution in [0.4, 0.5) is 0 Å². The largest absolute Gasteiger partial charge is 0.481 e. The number of carboxylic acid groups (broad SMARTS) is 1. The molecule has 2 heteroatoms. The Labute approximate surface area is 142 Å². The predicted octanol–water partition coefficient (Wildman–Crippen LogP) is 5.26. The van der Waals surface area contributed by atoms with Crippen LogP contribution in [0.1, 0.15) is 16.7 Å². The maximum absolute atomic E-state index is 11.4. The lowest BCUT2D eigenvalue weighted by Gasteiger charge is -2.14. The fourth-order valence-electron chi connectivity index (χ4n) is 3.11. The second-order valence-corrected chi connectivity index (χ2v) is 6.07. The minimum absolute atomic E-state index is 0.0173. The van der Waals surface area contributed by atoms with Crippen molar-refractivity contribution < 1.29 is 9.90 Å². The molecule has 0 atom stereocenters.